The maximum absolute atomic E-state index is 14.9. The molecule has 4 amide bonds. The van der Waals surface area contributed by atoms with E-state index in [0.29, 0.717) is 22.4 Å². The number of benzene rings is 3. The van der Waals surface area contributed by atoms with Gasteiger partial charge in [0.1, 0.15) is 11.6 Å². The van der Waals surface area contributed by atoms with Crippen LogP contribution in [0.25, 0.3) is 16.8 Å². The molecule has 0 fully saturated rings. The van der Waals surface area contributed by atoms with Gasteiger partial charge in [0.15, 0.2) is 5.69 Å². The molecule has 0 atom stereocenters. The number of hydrogen-bond donors (Lipinski definition) is 3. The summed E-state index contributed by atoms with van der Waals surface area (Å²) in [4.78, 5) is 36.9. The van der Waals surface area contributed by atoms with Crippen LogP contribution in [0.15, 0.2) is 72.9 Å². The Morgan fingerprint density at radius 3 is 2.19 bits per heavy atom. The second-order valence-electron chi connectivity index (χ2n) is 8.22. The predicted molar refractivity (Wildman–Crippen MR) is 133 cm³/mol. The van der Waals surface area contributed by atoms with Gasteiger partial charge in [0.05, 0.1) is 23.1 Å². The summed E-state index contributed by atoms with van der Waals surface area (Å²) in [7, 11) is 1.54. The number of nitrogens with two attached hydrogens (primary N) is 2. The average Bonchev–Trinajstić information content (AvgIpc) is 3.28. The van der Waals surface area contributed by atoms with Crippen molar-refractivity contribution < 1.29 is 23.2 Å². The summed E-state index contributed by atoms with van der Waals surface area (Å²) in [5.41, 5.74) is 12.7. The molecule has 37 heavy (non-hydrogen) atoms. The number of nitrogens with zero attached hydrogens (tertiary/aromatic N) is 3. The predicted octanol–water partition coefficient (Wildman–Crippen LogP) is 3.68. The Kier molecular flexibility index (Phi) is 6.96. The van der Waals surface area contributed by atoms with Crippen LogP contribution in [0.2, 0.25) is 0 Å². The molecule has 0 bridgehead atoms. The first-order valence-electron chi connectivity index (χ1n) is 11.0. The van der Waals surface area contributed by atoms with Crippen molar-refractivity contribution in [3.8, 4) is 16.8 Å². The molecule has 0 saturated heterocycles. The molecule has 1 aromatic heterocycles. The molecule has 188 valence electrons. The maximum atomic E-state index is 14.9. The van der Waals surface area contributed by atoms with Gasteiger partial charge in [-0.3, -0.25) is 9.59 Å². The largest absolute Gasteiger partial charge is 0.364 e. The van der Waals surface area contributed by atoms with Crippen molar-refractivity contribution in [2.45, 2.75) is 6.54 Å². The second kappa shape index (κ2) is 10.3. The third kappa shape index (κ3) is 5.61. The maximum Gasteiger partial charge on any atom is 0.316 e. The van der Waals surface area contributed by atoms with Crippen molar-refractivity contribution in [3.05, 3.63) is 101 Å². The fraction of sp³-hybridized carbons (Fsp3) is 0.0769. The van der Waals surface area contributed by atoms with E-state index in [-0.39, 0.29) is 29.3 Å². The van der Waals surface area contributed by atoms with Gasteiger partial charge in [-0.25, -0.2) is 18.3 Å². The van der Waals surface area contributed by atoms with Crippen LogP contribution in [0.3, 0.4) is 0 Å². The Labute approximate surface area is 210 Å². The quantitative estimate of drug-likeness (QED) is 0.354. The summed E-state index contributed by atoms with van der Waals surface area (Å²) in [6.45, 7) is 0.198. The number of halogens is 2. The molecule has 0 saturated carbocycles. The van der Waals surface area contributed by atoms with E-state index in [0.717, 1.165) is 0 Å². The molecule has 9 nitrogen and oxygen atoms in total. The first kappa shape index (κ1) is 25.0. The highest BCUT2D eigenvalue weighted by Gasteiger charge is 2.18. The average molecular weight is 504 g/mol. The fourth-order valence-corrected chi connectivity index (χ4v) is 3.73. The normalized spacial score (nSPS) is 10.7. The third-order valence-electron chi connectivity index (χ3n) is 5.55. The van der Waals surface area contributed by atoms with Crippen molar-refractivity contribution in [1.29, 1.82) is 0 Å². The number of nitrogens with one attached hydrogen (secondary N) is 1. The van der Waals surface area contributed by atoms with Gasteiger partial charge in [-0.1, -0.05) is 30.3 Å². The highest BCUT2D eigenvalue weighted by atomic mass is 19.1. The summed E-state index contributed by atoms with van der Waals surface area (Å²) in [6.07, 6.45) is 1.39. The zero-order valence-corrected chi connectivity index (χ0v) is 19.6. The van der Waals surface area contributed by atoms with E-state index in [1.807, 2.05) is 0 Å². The molecule has 4 rings (SSSR count). The SMILES string of the molecule is CN(Cc1ccc(F)cc1)C(=O)c1ccc(-c2ccc(-n3cc(NC(N)=O)c(C(N)=O)n3)cc2)cc1F. The number of carbonyl (C=O) groups excluding carboxylic acids is 3. The van der Waals surface area contributed by atoms with E-state index in [4.69, 9.17) is 11.5 Å². The molecule has 11 heteroatoms. The number of carbonyl (C=O) groups is 3. The number of anilines is 1. The minimum atomic E-state index is -0.872. The number of urea groups is 1. The summed E-state index contributed by atoms with van der Waals surface area (Å²) in [5, 5.41) is 6.38. The zero-order valence-electron chi connectivity index (χ0n) is 19.6. The van der Waals surface area contributed by atoms with Crippen molar-refractivity contribution in [1.82, 2.24) is 14.7 Å². The molecule has 3 aromatic carbocycles. The highest BCUT2D eigenvalue weighted by Crippen LogP contribution is 2.25. The number of hydrogen-bond acceptors (Lipinski definition) is 4. The van der Waals surface area contributed by atoms with Gasteiger partial charge in [-0.2, -0.15) is 5.10 Å². The lowest BCUT2D eigenvalue weighted by Gasteiger charge is -2.18. The molecule has 0 spiro atoms. The van der Waals surface area contributed by atoms with Crippen LogP contribution in [0.5, 0.6) is 0 Å². The monoisotopic (exact) mass is 504 g/mol. The molecule has 0 aliphatic heterocycles. The second-order valence-corrected chi connectivity index (χ2v) is 8.22. The lowest BCUT2D eigenvalue weighted by atomic mass is 10.0. The van der Waals surface area contributed by atoms with Crippen LogP contribution in [0.1, 0.15) is 26.4 Å². The number of primary amides is 2. The lowest BCUT2D eigenvalue weighted by molar-refractivity contribution is 0.0780. The summed E-state index contributed by atoms with van der Waals surface area (Å²) >= 11 is 0. The van der Waals surface area contributed by atoms with E-state index in [1.54, 1.807) is 49.5 Å². The Morgan fingerprint density at radius 2 is 1.59 bits per heavy atom. The van der Waals surface area contributed by atoms with Gasteiger partial charge in [-0.15, -0.1) is 0 Å². The van der Waals surface area contributed by atoms with Crippen molar-refractivity contribution >= 4 is 23.5 Å². The van der Waals surface area contributed by atoms with Gasteiger partial charge in [-0.05, 0) is 53.1 Å². The number of rotatable bonds is 7. The molecule has 0 radical (unpaired) electrons. The number of aromatic nitrogens is 2. The van der Waals surface area contributed by atoms with Crippen LogP contribution >= 0.6 is 0 Å². The van der Waals surface area contributed by atoms with E-state index in [9.17, 15) is 23.2 Å². The molecule has 0 aliphatic rings. The van der Waals surface area contributed by atoms with E-state index >= 15 is 0 Å². The van der Waals surface area contributed by atoms with Crippen LogP contribution in [0, 0.1) is 11.6 Å². The van der Waals surface area contributed by atoms with Crippen LogP contribution < -0.4 is 16.8 Å². The highest BCUT2D eigenvalue weighted by molar-refractivity contribution is 6.00. The molecule has 0 unspecified atom stereocenters. The van der Waals surface area contributed by atoms with E-state index in [1.165, 1.54) is 40.0 Å². The zero-order chi connectivity index (χ0) is 26.7. The smallest absolute Gasteiger partial charge is 0.316 e. The summed E-state index contributed by atoms with van der Waals surface area (Å²) in [6, 6.07) is 15.9. The molecular weight excluding hydrogens is 482 g/mol. The molecule has 0 aliphatic carbocycles. The molecule has 5 N–H and O–H groups in total. The lowest BCUT2D eigenvalue weighted by Crippen LogP contribution is -2.27. The van der Waals surface area contributed by atoms with E-state index in [2.05, 4.69) is 10.4 Å². The standard InChI is InChI=1S/C26H22F2N6O3/c1-33(13-15-2-7-18(27)8-3-15)25(36)20-11-6-17(12-21(20)28)16-4-9-19(10-5-16)34-14-22(31-26(30)37)23(32-34)24(29)35/h2-12,14H,13H2,1H3,(H2,29,35)(H3,30,31,37). The van der Waals surface area contributed by atoms with Gasteiger partial charge in [0.2, 0.25) is 0 Å². The fourth-order valence-electron chi connectivity index (χ4n) is 3.73. The Morgan fingerprint density at radius 1 is 0.946 bits per heavy atom. The minimum Gasteiger partial charge on any atom is -0.364 e. The van der Waals surface area contributed by atoms with Crippen molar-refractivity contribution in [2.75, 3.05) is 12.4 Å². The Balaban J connectivity index is 1.52. The van der Waals surface area contributed by atoms with Crippen molar-refractivity contribution in [3.63, 3.8) is 0 Å². The summed E-state index contributed by atoms with van der Waals surface area (Å²) < 4.78 is 29.4. The van der Waals surface area contributed by atoms with Crippen LogP contribution in [0.4, 0.5) is 19.3 Å². The molecule has 1 heterocycles. The van der Waals surface area contributed by atoms with Gasteiger partial charge in [0.25, 0.3) is 11.8 Å². The van der Waals surface area contributed by atoms with Crippen LogP contribution in [-0.4, -0.2) is 39.6 Å². The summed E-state index contributed by atoms with van der Waals surface area (Å²) in [5.74, 6) is -2.41. The molecule has 4 aromatic rings. The van der Waals surface area contributed by atoms with Gasteiger partial charge in [0, 0.05) is 13.6 Å². The third-order valence-corrected chi connectivity index (χ3v) is 5.55. The first-order chi connectivity index (χ1) is 17.6. The van der Waals surface area contributed by atoms with Crippen LogP contribution in [-0.2, 0) is 6.54 Å². The first-order valence-corrected chi connectivity index (χ1v) is 11.0. The number of amides is 4. The topological polar surface area (TPSA) is 136 Å². The Bertz CT molecular complexity index is 1480. The Hall–Kier alpha value is -5.06. The van der Waals surface area contributed by atoms with E-state index < -0.39 is 23.7 Å². The van der Waals surface area contributed by atoms with Gasteiger partial charge < -0.3 is 21.7 Å². The minimum absolute atomic E-state index is 0.0656. The van der Waals surface area contributed by atoms with Gasteiger partial charge >= 0.3 is 6.03 Å². The van der Waals surface area contributed by atoms with Crippen molar-refractivity contribution in [2.24, 2.45) is 11.5 Å². The molecular formula is C26H22F2N6O3.